The summed E-state index contributed by atoms with van der Waals surface area (Å²) in [5.74, 6) is 1.98. The Labute approximate surface area is 154 Å². The van der Waals surface area contributed by atoms with E-state index in [1.165, 1.54) is 6.33 Å². The lowest BCUT2D eigenvalue weighted by molar-refractivity contribution is -0.697. The largest absolute Gasteiger partial charge is 0.493 e. The van der Waals surface area contributed by atoms with E-state index in [0.717, 1.165) is 18.7 Å². The molecular formula is C18H27N6O2+. The summed E-state index contributed by atoms with van der Waals surface area (Å²) >= 11 is 0. The van der Waals surface area contributed by atoms with Gasteiger partial charge < -0.3 is 15.0 Å². The second kappa shape index (κ2) is 10.3. The van der Waals surface area contributed by atoms with Crippen LogP contribution in [-0.2, 0) is 17.8 Å². The summed E-state index contributed by atoms with van der Waals surface area (Å²) in [6, 6.07) is 3.83. The van der Waals surface area contributed by atoms with Gasteiger partial charge in [-0.2, -0.15) is 4.98 Å². The molecule has 0 aliphatic heterocycles. The fourth-order valence-corrected chi connectivity index (χ4v) is 2.27. The lowest BCUT2D eigenvalue weighted by atomic mass is 10.3. The van der Waals surface area contributed by atoms with E-state index < -0.39 is 0 Å². The molecule has 0 aromatic carbocycles. The van der Waals surface area contributed by atoms with Crippen LogP contribution in [0.1, 0.15) is 25.6 Å². The van der Waals surface area contributed by atoms with Crippen molar-refractivity contribution >= 4 is 11.9 Å². The molecule has 0 atom stereocenters. The maximum atomic E-state index is 11.9. The Bertz CT molecular complexity index is 690. The van der Waals surface area contributed by atoms with Crippen molar-refractivity contribution in [1.82, 2.24) is 20.3 Å². The van der Waals surface area contributed by atoms with Crippen LogP contribution in [0, 0.1) is 0 Å². The van der Waals surface area contributed by atoms with Gasteiger partial charge in [0.05, 0.1) is 13.0 Å². The molecule has 1 N–H and O–H groups in total. The summed E-state index contributed by atoms with van der Waals surface area (Å²) in [4.78, 5) is 26.2. The van der Waals surface area contributed by atoms with Crippen LogP contribution in [0.5, 0.6) is 5.75 Å². The van der Waals surface area contributed by atoms with Gasteiger partial charge in [0.15, 0.2) is 12.4 Å². The van der Waals surface area contributed by atoms with Gasteiger partial charge in [0.1, 0.15) is 24.4 Å². The van der Waals surface area contributed by atoms with Gasteiger partial charge in [0.2, 0.25) is 11.9 Å². The maximum absolute atomic E-state index is 11.9. The second-order valence-corrected chi connectivity index (χ2v) is 6.07. The van der Waals surface area contributed by atoms with E-state index >= 15 is 0 Å². The normalized spacial score (nSPS) is 10.4. The topological polar surface area (TPSA) is 84.1 Å². The Morgan fingerprint density at radius 2 is 2.04 bits per heavy atom. The quantitative estimate of drug-likeness (QED) is 0.631. The molecule has 2 heterocycles. The minimum atomic E-state index is -0.0520. The summed E-state index contributed by atoms with van der Waals surface area (Å²) in [6.45, 7) is 3.95. The van der Waals surface area contributed by atoms with E-state index in [9.17, 15) is 4.79 Å². The fourth-order valence-electron chi connectivity index (χ4n) is 2.27. The molecule has 0 bridgehead atoms. The van der Waals surface area contributed by atoms with Crippen LogP contribution >= 0.6 is 0 Å². The van der Waals surface area contributed by atoms with Crippen molar-refractivity contribution < 1.29 is 14.1 Å². The van der Waals surface area contributed by atoms with Gasteiger partial charge in [-0.05, 0) is 0 Å². The summed E-state index contributed by atoms with van der Waals surface area (Å²) in [6.07, 6.45) is 7.41. The van der Waals surface area contributed by atoms with Crippen molar-refractivity contribution in [3.8, 4) is 5.75 Å². The van der Waals surface area contributed by atoms with E-state index in [0.29, 0.717) is 37.8 Å². The summed E-state index contributed by atoms with van der Waals surface area (Å²) < 4.78 is 7.70. The minimum Gasteiger partial charge on any atom is -0.493 e. The van der Waals surface area contributed by atoms with E-state index in [-0.39, 0.29) is 5.91 Å². The highest BCUT2D eigenvalue weighted by molar-refractivity contribution is 5.75. The highest BCUT2D eigenvalue weighted by atomic mass is 16.5. The van der Waals surface area contributed by atoms with Crippen molar-refractivity contribution in [2.75, 3.05) is 32.1 Å². The number of hydrogen-bond donors (Lipinski definition) is 1. The molecule has 8 nitrogen and oxygen atoms in total. The van der Waals surface area contributed by atoms with E-state index in [4.69, 9.17) is 4.74 Å². The molecule has 0 unspecified atom stereocenters. The van der Waals surface area contributed by atoms with Gasteiger partial charge >= 0.3 is 0 Å². The molecule has 0 aliphatic carbocycles. The average molecular weight is 359 g/mol. The zero-order valence-corrected chi connectivity index (χ0v) is 15.7. The second-order valence-electron chi connectivity index (χ2n) is 6.07. The zero-order valence-electron chi connectivity index (χ0n) is 15.7. The number of carbonyl (C=O) groups is 1. The molecular weight excluding hydrogens is 332 g/mol. The van der Waals surface area contributed by atoms with Crippen LogP contribution in [0.3, 0.4) is 0 Å². The standard InChI is InChI=1S/C18H26N6O2/c1-4-10-24-11-6-15(7-12-24)26-13-8-17(25)19-9-5-16-20-14-21-18(22-16)23(2)3/h6-7,11-12,14H,4-5,8-10,13H2,1-3H3/p+1. The Morgan fingerprint density at radius 1 is 1.27 bits per heavy atom. The van der Waals surface area contributed by atoms with Crippen LogP contribution in [0.2, 0.25) is 0 Å². The number of rotatable bonds is 10. The van der Waals surface area contributed by atoms with Gasteiger partial charge in [-0.25, -0.2) is 14.5 Å². The third-order valence-electron chi connectivity index (χ3n) is 3.62. The number of aryl methyl sites for hydroxylation is 1. The molecule has 0 saturated heterocycles. The Kier molecular flexibility index (Phi) is 7.73. The molecule has 0 aliphatic rings. The van der Waals surface area contributed by atoms with Crippen molar-refractivity contribution in [2.45, 2.75) is 32.7 Å². The summed E-state index contributed by atoms with van der Waals surface area (Å²) in [5.41, 5.74) is 0. The van der Waals surface area contributed by atoms with E-state index in [1.54, 1.807) is 0 Å². The number of pyridine rings is 1. The average Bonchev–Trinajstić information content (AvgIpc) is 2.64. The molecule has 2 aromatic rings. The number of ether oxygens (including phenoxy) is 1. The predicted molar refractivity (Wildman–Crippen MR) is 97.9 cm³/mol. The van der Waals surface area contributed by atoms with Crippen LogP contribution in [0.25, 0.3) is 0 Å². The Hall–Kier alpha value is -2.77. The SMILES string of the molecule is CCC[n+]1ccc(OCCC(=O)NCCc2ncnc(N(C)C)n2)cc1. The number of carbonyl (C=O) groups excluding carboxylic acids is 1. The molecule has 140 valence electrons. The first kappa shape index (κ1) is 19.6. The van der Waals surface area contributed by atoms with Gasteiger partial charge in [-0.3, -0.25) is 4.79 Å². The highest BCUT2D eigenvalue weighted by Gasteiger charge is 2.06. The number of aromatic nitrogens is 4. The minimum absolute atomic E-state index is 0.0520. The van der Waals surface area contributed by atoms with Crippen molar-refractivity contribution in [1.29, 1.82) is 0 Å². The van der Waals surface area contributed by atoms with Crippen molar-refractivity contribution in [3.63, 3.8) is 0 Å². The number of hydrogen-bond acceptors (Lipinski definition) is 6. The lowest BCUT2D eigenvalue weighted by Crippen LogP contribution is -2.32. The van der Waals surface area contributed by atoms with Gasteiger partial charge in [0.25, 0.3) is 0 Å². The van der Waals surface area contributed by atoms with Crippen molar-refractivity contribution in [3.05, 3.63) is 36.7 Å². The number of nitrogens with one attached hydrogen (secondary N) is 1. The highest BCUT2D eigenvalue weighted by Crippen LogP contribution is 2.06. The zero-order chi connectivity index (χ0) is 18.8. The molecule has 1 amide bonds. The Balaban J connectivity index is 1.65. The van der Waals surface area contributed by atoms with Gasteiger partial charge in [0, 0.05) is 45.6 Å². The van der Waals surface area contributed by atoms with Gasteiger partial charge in [-0.1, -0.05) is 6.92 Å². The first-order valence-corrected chi connectivity index (χ1v) is 8.82. The summed E-state index contributed by atoms with van der Waals surface area (Å²) in [7, 11) is 3.74. The van der Waals surface area contributed by atoms with E-state index in [2.05, 4.69) is 31.8 Å². The molecule has 2 aromatic heterocycles. The first-order valence-electron chi connectivity index (χ1n) is 8.82. The molecule has 2 rings (SSSR count). The number of anilines is 1. The molecule has 0 saturated carbocycles. The maximum Gasteiger partial charge on any atom is 0.228 e. The molecule has 0 radical (unpaired) electrons. The first-order chi connectivity index (χ1) is 12.6. The molecule has 26 heavy (non-hydrogen) atoms. The smallest absolute Gasteiger partial charge is 0.228 e. The fraction of sp³-hybridized carbons (Fsp3) is 0.500. The number of amides is 1. The predicted octanol–water partition coefficient (Wildman–Crippen LogP) is 0.763. The van der Waals surface area contributed by atoms with Crippen LogP contribution in [0.4, 0.5) is 5.95 Å². The monoisotopic (exact) mass is 359 g/mol. The van der Waals surface area contributed by atoms with E-state index in [1.807, 2.05) is 43.5 Å². The summed E-state index contributed by atoms with van der Waals surface area (Å²) in [5, 5.41) is 2.85. The van der Waals surface area contributed by atoms with Gasteiger partial charge in [-0.15, -0.1) is 0 Å². The number of nitrogens with zero attached hydrogens (tertiary/aromatic N) is 5. The van der Waals surface area contributed by atoms with Crippen LogP contribution in [0.15, 0.2) is 30.9 Å². The Morgan fingerprint density at radius 3 is 2.73 bits per heavy atom. The van der Waals surface area contributed by atoms with Crippen molar-refractivity contribution in [2.24, 2.45) is 0 Å². The van der Waals surface area contributed by atoms with Crippen LogP contribution < -0.4 is 19.5 Å². The lowest BCUT2D eigenvalue weighted by Gasteiger charge is -2.10. The van der Waals surface area contributed by atoms with Crippen LogP contribution in [-0.4, -0.2) is 48.1 Å². The third kappa shape index (κ3) is 6.62. The molecule has 8 heteroatoms. The molecule has 0 spiro atoms. The molecule has 0 fully saturated rings. The third-order valence-corrected chi connectivity index (χ3v) is 3.62.